The quantitative estimate of drug-likeness (QED) is 0.133. The Morgan fingerprint density at radius 3 is 2.54 bits per heavy atom. The number of carbonyl (C=O) groups is 1. The highest BCUT2D eigenvalue weighted by Gasteiger charge is 2.27. The van der Waals surface area contributed by atoms with Gasteiger partial charge in [-0.3, -0.25) is 4.90 Å². The maximum atomic E-state index is 12.5. The van der Waals surface area contributed by atoms with E-state index >= 15 is 0 Å². The average molecular weight is 665 g/mol. The zero-order valence-electron chi connectivity index (χ0n) is 28.6. The number of hydrogen-bond donors (Lipinski definition) is 1. The van der Waals surface area contributed by atoms with E-state index in [-0.39, 0.29) is 0 Å². The molecule has 0 unspecified atom stereocenters. The molecule has 9 nitrogen and oxygen atoms in total. The highest BCUT2D eigenvalue weighted by molar-refractivity contribution is 6.76. The Hall–Kier alpha value is -3.99. The molecule has 3 aliphatic rings. The van der Waals surface area contributed by atoms with Gasteiger partial charge in [0.15, 0.2) is 0 Å². The Balaban J connectivity index is 1.08. The van der Waals surface area contributed by atoms with Crippen LogP contribution < -0.4 is 0 Å². The minimum absolute atomic E-state index is 0.397. The van der Waals surface area contributed by atoms with Crippen LogP contribution >= 0.6 is 0 Å². The third kappa shape index (κ3) is 7.06. The third-order valence-electron chi connectivity index (χ3n) is 10.1. The van der Waals surface area contributed by atoms with Gasteiger partial charge in [0.2, 0.25) is 0 Å². The Kier molecular flexibility index (Phi) is 9.40. The molecule has 1 N–H and O–H groups in total. The Morgan fingerprint density at radius 2 is 1.77 bits per heavy atom. The molecule has 1 fully saturated rings. The number of aliphatic carboxylic acids is 1. The summed E-state index contributed by atoms with van der Waals surface area (Å²) in [6, 6.07) is 16.1. The van der Waals surface area contributed by atoms with Gasteiger partial charge in [-0.15, -0.1) is 0 Å². The van der Waals surface area contributed by atoms with Gasteiger partial charge in [0.1, 0.15) is 17.9 Å². The lowest BCUT2D eigenvalue weighted by molar-refractivity contribution is -0.132. The second-order valence-corrected chi connectivity index (χ2v) is 20.3. The Labute approximate surface area is 284 Å². The molecule has 1 aromatic carbocycles. The van der Waals surface area contributed by atoms with Crippen molar-refractivity contribution in [3.63, 3.8) is 0 Å². The molecule has 4 aromatic rings. The molecule has 3 aromatic heterocycles. The molecule has 0 saturated carbocycles. The normalized spacial score (nSPS) is 18.3. The SMILES string of the molecule is C[Si](C)(C)CCOCn1ccc2cc3c(cnn3C3=C(C(=O)O)CCC(N4CCN(CC5=C(c6ccccc6)CCCC5)CC4)=C3)nc21. The van der Waals surface area contributed by atoms with Crippen LogP contribution in [0.3, 0.4) is 0 Å². The number of carboxylic acids is 1. The molecule has 0 amide bonds. The lowest BCUT2D eigenvalue weighted by Crippen LogP contribution is -2.46. The van der Waals surface area contributed by atoms with Gasteiger partial charge < -0.3 is 19.3 Å². The molecule has 48 heavy (non-hydrogen) atoms. The van der Waals surface area contributed by atoms with E-state index in [2.05, 4.69) is 71.9 Å². The molecule has 0 spiro atoms. The number of fused-ring (bicyclic) bond motifs is 2. The zero-order chi connectivity index (χ0) is 33.3. The van der Waals surface area contributed by atoms with E-state index in [4.69, 9.17) is 14.8 Å². The van der Waals surface area contributed by atoms with Crippen LogP contribution in [0.5, 0.6) is 0 Å². The van der Waals surface area contributed by atoms with Crippen LogP contribution in [0, 0.1) is 0 Å². The highest BCUT2D eigenvalue weighted by Crippen LogP contribution is 2.35. The summed E-state index contributed by atoms with van der Waals surface area (Å²) in [4.78, 5) is 22.5. The van der Waals surface area contributed by atoms with Crippen molar-refractivity contribution in [2.75, 3.05) is 39.3 Å². The monoisotopic (exact) mass is 664 g/mol. The van der Waals surface area contributed by atoms with E-state index in [0.29, 0.717) is 24.4 Å². The molecule has 1 aliphatic heterocycles. The predicted molar refractivity (Wildman–Crippen MR) is 195 cm³/mol. The van der Waals surface area contributed by atoms with E-state index in [0.717, 1.165) is 73.9 Å². The highest BCUT2D eigenvalue weighted by atomic mass is 28.3. The molecule has 252 valence electrons. The van der Waals surface area contributed by atoms with E-state index in [1.54, 1.807) is 22.0 Å². The van der Waals surface area contributed by atoms with Crippen molar-refractivity contribution >= 4 is 47.4 Å². The molecule has 0 atom stereocenters. The number of ether oxygens (including phenoxy) is 1. The molecule has 10 heteroatoms. The van der Waals surface area contributed by atoms with Gasteiger partial charge in [0, 0.05) is 64.7 Å². The number of pyridine rings is 1. The number of aromatic nitrogens is 4. The number of hydrogen-bond acceptors (Lipinski definition) is 6. The summed E-state index contributed by atoms with van der Waals surface area (Å²) < 4.78 is 9.81. The van der Waals surface area contributed by atoms with Crippen LogP contribution in [-0.2, 0) is 16.3 Å². The third-order valence-corrected chi connectivity index (χ3v) is 11.8. The lowest BCUT2D eigenvalue weighted by atomic mass is 9.87. The van der Waals surface area contributed by atoms with Crippen molar-refractivity contribution in [3.8, 4) is 0 Å². The first kappa shape index (κ1) is 32.5. The Morgan fingerprint density at radius 1 is 0.979 bits per heavy atom. The summed E-state index contributed by atoms with van der Waals surface area (Å²) in [5.74, 6) is -0.889. The second-order valence-electron chi connectivity index (χ2n) is 14.7. The fraction of sp³-hybridized carbons (Fsp3) is 0.447. The van der Waals surface area contributed by atoms with Crippen LogP contribution in [-0.4, -0.2) is 87.6 Å². The maximum Gasteiger partial charge on any atom is 0.333 e. The first-order valence-electron chi connectivity index (χ1n) is 17.6. The van der Waals surface area contributed by atoms with Crippen molar-refractivity contribution in [2.24, 2.45) is 0 Å². The summed E-state index contributed by atoms with van der Waals surface area (Å²) in [7, 11) is -1.16. The number of carboxylic acid groups (broad SMARTS) is 1. The number of benzene rings is 1. The van der Waals surface area contributed by atoms with Crippen molar-refractivity contribution in [1.82, 2.24) is 29.1 Å². The molecular weight excluding hydrogens is 617 g/mol. The zero-order valence-corrected chi connectivity index (χ0v) is 29.6. The number of rotatable bonds is 11. The molecule has 4 heterocycles. The van der Waals surface area contributed by atoms with Gasteiger partial charge in [-0.1, -0.05) is 55.5 Å². The summed E-state index contributed by atoms with van der Waals surface area (Å²) in [5, 5.41) is 15.9. The predicted octanol–water partition coefficient (Wildman–Crippen LogP) is 7.32. The second kappa shape index (κ2) is 13.9. The van der Waals surface area contributed by atoms with Gasteiger partial charge in [0.05, 0.1) is 23.0 Å². The van der Waals surface area contributed by atoms with Crippen molar-refractivity contribution in [3.05, 3.63) is 83.3 Å². The fourth-order valence-electron chi connectivity index (χ4n) is 7.34. The van der Waals surface area contributed by atoms with E-state index in [9.17, 15) is 9.90 Å². The van der Waals surface area contributed by atoms with Gasteiger partial charge in [-0.2, -0.15) is 5.10 Å². The molecule has 7 rings (SSSR count). The summed E-state index contributed by atoms with van der Waals surface area (Å²) in [5.41, 5.74) is 9.16. The topological polar surface area (TPSA) is 88.6 Å². The fourth-order valence-corrected chi connectivity index (χ4v) is 8.09. The van der Waals surface area contributed by atoms with E-state index < -0.39 is 14.0 Å². The minimum atomic E-state index is -1.16. The summed E-state index contributed by atoms with van der Waals surface area (Å²) in [6.07, 6.45) is 11.9. The summed E-state index contributed by atoms with van der Waals surface area (Å²) >= 11 is 0. The molecule has 1 saturated heterocycles. The first-order chi connectivity index (χ1) is 23.2. The van der Waals surface area contributed by atoms with Gasteiger partial charge >= 0.3 is 5.97 Å². The first-order valence-corrected chi connectivity index (χ1v) is 21.3. The van der Waals surface area contributed by atoms with Crippen LogP contribution in [0.15, 0.2) is 77.8 Å². The lowest BCUT2D eigenvalue weighted by Gasteiger charge is -2.39. The van der Waals surface area contributed by atoms with Crippen LogP contribution in [0.25, 0.3) is 33.3 Å². The molecule has 0 radical (unpaired) electrons. The minimum Gasteiger partial charge on any atom is -0.478 e. The van der Waals surface area contributed by atoms with Crippen LogP contribution in [0.1, 0.15) is 44.1 Å². The Bertz CT molecular complexity index is 1890. The largest absolute Gasteiger partial charge is 0.478 e. The molecular formula is C38H48N6O3Si. The van der Waals surface area contributed by atoms with Gasteiger partial charge in [0.25, 0.3) is 0 Å². The van der Waals surface area contributed by atoms with Gasteiger partial charge in [-0.25, -0.2) is 14.5 Å². The molecule has 2 aliphatic carbocycles. The van der Waals surface area contributed by atoms with Crippen LogP contribution in [0.2, 0.25) is 25.7 Å². The van der Waals surface area contributed by atoms with Gasteiger partial charge in [-0.05, 0) is 73.9 Å². The van der Waals surface area contributed by atoms with Crippen LogP contribution in [0.4, 0.5) is 0 Å². The summed E-state index contributed by atoms with van der Waals surface area (Å²) in [6.45, 7) is 13.2. The standard InChI is InChI=1S/C38H48N6O3Si/c1-48(2,3)22-21-47-27-43-16-15-29-23-36-34(40-37(29)43)25-39-44(36)35-24-31(13-14-33(35)38(45)46)42-19-17-41(18-20-42)26-30-11-7-8-12-32(30)28-9-5-4-6-10-28/h4-6,9-10,15-16,23-25H,7-8,11-14,17-22,26-27H2,1-3H3,(H,45,46). The number of nitrogens with zero attached hydrogens (tertiary/aromatic N) is 6. The van der Waals surface area contributed by atoms with Crippen molar-refractivity contribution < 1.29 is 14.6 Å². The van der Waals surface area contributed by atoms with E-state index in [1.165, 1.54) is 36.9 Å². The average Bonchev–Trinajstić information content (AvgIpc) is 3.69. The van der Waals surface area contributed by atoms with E-state index in [1.807, 2.05) is 16.8 Å². The number of allylic oxidation sites excluding steroid dienone is 4. The molecule has 0 bridgehead atoms. The van der Waals surface area contributed by atoms with Crippen molar-refractivity contribution in [2.45, 2.75) is 70.9 Å². The number of piperazine rings is 1. The maximum absolute atomic E-state index is 12.5. The van der Waals surface area contributed by atoms with Crippen molar-refractivity contribution in [1.29, 1.82) is 0 Å². The smallest absolute Gasteiger partial charge is 0.333 e.